The van der Waals surface area contributed by atoms with Crippen LogP contribution in [0.2, 0.25) is 0 Å². The first-order valence-corrected chi connectivity index (χ1v) is 6.90. The summed E-state index contributed by atoms with van der Waals surface area (Å²) in [5.41, 5.74) is 2.97. The lowest BCUT2D eigenvalue weighted by molar-refractivity contribution is 0.840. The third-order valence-corrected chi connectivity index (χ3v) is 3.78. The number of anilines is 1. The van der Waals surface area contributed by atoms with Crippen molar-refractivity contribution in [3.8, 4) is 6.07 Å². The fourth-order valence-electron chi connectivity index (χ4n) is 1.96. The summed E-state index contributed by atoms with van der Waals surface area (Å²) in [4.78, 5) is 3.57. The standard InChI is InChI=1S/C15H16N2S/c1-3-17(11-14-5-4-8-18-14)15-9-12(2)6-7-13(15)10-16/h4-9H,3,11H2,1-2H3. The molecule has 1 heterocycles. The molecular weight excluding hydrogens is 240 g/mol. The van der Waals surface area contributed by atoms with Gasteiger partial charge in [-0.05, 0) is 43.0 Å². The number of nitriles is 1. The minimum atomic E-state index is 0.749. The molecule has 0 radical (unpaired) electrons. The number of hydrogen-bond acceptors (Lipinski definition) is 3. The third kappa shape index (κ3) is 2.72. The molecule has 3 heteroatoms. The Morgan fingerprint density at radius 1 is 1.33 bits per heavy atom. The molecule has 0 atom stereocenters. The van der Waals surface area contributed by atoms with Crippen molar-refractivity contribution in [1.29, 1.82) is 5.26 Å². The smallest absolute Gasteiger partial charge is 0.101 e. The second kappa shape index (κ2) is 5.70. The molecule has 1 aromatic carbocycles. The van der Waals surface area contributed by atoms with E-state index in [-0.39, 0.29) is 0 Å². The summed E-state index contributed by atoms with van der Waals surface area (Å²) in [7, 11) is 0. The summed E-state index contributed by atoms with van der Waals surface area (Å²) >= 11 is 1.75. The number of benzene rings is 1. The van der Waals surface area contributed by atoms with E-state index >= 15 is 0 Å². The summed E-state index contributed by atoms with van der Waals surface area (Å²) in [6.45, 7) is 5.95. The van der Waals surface area contributed by atoms with Crippen LogP contribution in [0.1, 0.15) is 22.9 Å². The molecule has 0 fully saturated rings. The zero-order valence-corrected chi connectivity index (χ0v) is 11.5. The lowest BCUT2D eigenvalue weighted by atomic mass is 10.1. The highest BCUT2D eigenvalue weighted by Gasteiger charge is 2.11. The van der Waals surface area contributed by atoms with Crippen LogP contribution in [0.15, 0.2) is 35.7 Å². The summed E-state index contributed by atoms with van der Waals surface area (Å²) in [5, 5.41) is 11.3. The van der Waals surface area contributed by atoms with Gasteiger partial charge in [0.1, 0.15) is 6.07 Å². The van der Waals surface area contributed by atoms with Crippen molar-refractivity contribution in [2.75, 3.05) is 11.4 Å². The fraction of sp³-hybridized carbons (Fsp3) is 0.267. The van der Waals surface area contributed by atoms with Gasteiger partial charge in [0.25, 0.3) is 0 Å². The molecule has 0 unspecified atom stereocenters. The van der Waals surface area contributed by atoms with Crippen LogP contribution in [0.5, 0.6) is 0 Å². The zero-order valence-electron chi connectivity index (χ0n) is 10.7. The summed E-state index contributed by atoms with van der Waals surface area (Å²) in [6, 6.07) is 12.5. The quantitative estimate of drug-likeness (QED) is 0.828. The maximum Gasteiger partial charge on any atom is 0.101 e. The van der Waals surface area contributed by atoms with Crippen LogP contribution in [-0.2, 0) is 6.54 Å². The SMILES string of the molecule is CCN(Cc1cccs1)c1cc(C)ccc1C#N. The highest BCUT2D eigenvalue weighted by atomic mass is 32.1. The van der Waals surface area contributed by atoms with Crippen molar-refractivity contribution in [3.05, 3.63) is 51.7 Å². The predicted octanol–water partition coefficient (Wildman–Crippen LogP) is 3.95. The van der Waals surface area contributed by atoms with E-state index in [0.717, 1.165) is 24.3 Å². The van der Waals surface area contributed by atoms with Crippen molar-refractivity contribution < 1.29 is 0 Å². The van der Waals surface area contributed by atoms with Crippen LogP contribution < -0.4 is 4.90 Å². The fourth-order valence-corrected chi connectivity index (χ4v) is 2.68. The molecule has 0 aliphatic rings. The number of nitrogens with zero attached hydrogens (tertiary/aromatic N) is 2. The van der Waals surface area contributed by atoms with Gasteiger partial charge in [-0.15, -0.1) is 11.3 Å². The second-order valence-electron chi connectivity index (χ2n) is 4.23. The Kier molecular flexibility index (Phi) is 4.01. The van der Waals surface area contributed by atoms with Gasteiger partial charge < -0.3 is 4.90 Å². The molecule has 0 spiro atoms. The van der Waals surface area contributed by atoms with Gasteiger partial charge in [-0.3, -0.25) is 0 Å². The van der Waals surface area contributed by atoms with Gasteiger partial charge in [0.15, 0.2) is 0 Å². The topological polar surface area (TPSA) is 27.0 Å². The molecule has 92 valence electrons. The first-order valence-electron chi connectivity index (χ1n) is 6.02. The molecule has 0 N–H and O–H groups in total. The minimum absolute atomic E-state index is 0.749. The average Bonchev–Trinajstić information content (AvgIpc) is 2.88. The second-order valence-corrected chi connectivity index (χ2v) is 5.26. The maximum atomic E-state index is 9.21. The number of hydrogen-bond donors (Lipinski definition) is 0. The van der Waals surface area contributed by atoms with Crippen LogP contribution in [0.3, 0.4) is 0 Å². The molecule has 2 nitrogen and oxygen atoms in total. The van der Waals surface area contributed by atoms with E-state index in [1.165, 1.54) is 10.4 Å². The van der Waals surface area contributed by atoms with Crippen LogP contribution in [0, 0.1) is 18.3 Å². The Morgan fingerprint density at radius 2 is 2.17 bits per heavy atom. The van der Waals surface area contributed by atoms with E-state index in [2.05, 4.69) is 48.4 Å². The molecule has 0 aliphatic heterocycles. The number of aryl methyl sites for hydroxylation is 1. The van der Waals surface area contributed by atoms with Crippen molar-refractivity contribution >= 4 is 17.0 Å². The minimum Gasteiger partial charge on any atom is -0.366 e. The molecular formula is C15H16N2S. The van der Waals surface area contributed by atoms with Crippen LogP contribution in [0.25, 0.3) is 0 Å². The van der Waals surface area contributed by atoms with Crippen molar-refractivity contribution in [2.45, 2.75) is 20.4 Å². The maximum absolute atomic E-state index is 9.21. The molecule has 0 saturated heterocycles. The largest absolute Gasteiger partial charge is 0.366 e. The summed E-state index contributed by atoms with van der Waals surface area (Å²) in [6.07, 6.45) is 0. The Labute approximate surface area is 112 Å². The average molecular weight is 256 g/mol. The molecule has 18 heavy (non-hydrogen) atoms. The van der Waals surface area contributed by atoms with Crippen LogP contribution in [-0.4, -0.2) is 6.54 Å². The van der Waals surface area contributed by atoms with Crippen molar-refractivity contribution in [3.63, 3.8) is 0 Å². The Hall–Kier alpha value is -1.79. The van der Waals surface area contributed by atoms with Crippen LogP contribution in [0.4, 0.5) is 5.69 Å². The number of rotatable bonds is 4. The molecule has 0 bridgehead atoms. The molecule has 1 aromatic heterocycles. The molecule has 0 saturated carbocycles. The van der Waals surface area contributed by atoms with Gasteiger partial charge in [0.2, 0.25) is 0 Å². The Morgan fingerprint density at radius 3 is 2.78 bits per heavy atom. The normalized spacial score (nSPS) is 10.1. The first kappa shape index (κ1) is 12.7. The van der Waals surface area contributed by atoms with E-state index < -0.39 is 0 Å². The highest BCUT2D eigenvalue weighted by Crippen LogP contribution is 2.24. The van der Waals surface area contributed by atoms with Crippen molar-refractivity contribution in [2.24, 2.45) is 0 Å². The molecule has 0 amide bonds. The van der Waals surface area contributed by atoms with Gasteiger partial charge in [0.05, 0.1) is 17.8 Å². The predicted molar refractivity (Wildman–Crippen MR) is 76.9 cm³/mol. The van der Waals surface area contributed by atoms with Crippen molar-refractivity contribution in [1.82, 2.24) is 0 Å². The van der Waals surface area contributed by atoms with Gasteiger partial charge in [-0.1, -0.05) is 12.1 Å². The lowest BCUT2D eigenvalue weighted by Crippen LogP contribution is -2.22. The van der Waals surface area contributed by atoms with E-state index in [0.29, 0.717) is 0 Å². The zero-order chi connectivity index (χ0) is 13.0. The summed E-state index contributed by atoms with van der Waals surface area (Å²) < 4.78 is 0. The van der Waals surface area contributed by atoms with Gasteiger partial charge in [-0.25, -0.2) is 0 Å². The summed E-state index contributed by atoms with van der Waals surface area (Å²) in [5.74, 6) is 0. The Bertz CT molecular complexity index is 552. The number of thiophene rings is 1. The molecule has 2 aromatic rings. The lowest BCUT2D eigenvalue weighted by Gasteiger charge is -2.24. The monoisotopic (exact) mass is 256 g/mol. The van der Waals surface area contributed by atoms with Gasteiger partial charge >= 0.3 is 0 Å². The van der Waals surface area contributed by atoms with Gasteiger partial charge in [0, 0.05) is 11.4 Å². The van der Waals surface area contributed by atoms with Gasteiger partial charge in [-0.2, -0.15) is 5.26 Å². The molecule has 0 aliphatic carbocycles. The molecule has 2 rings (SSSR count). The van der Waals surface area contributed by atoms with Crippen LogP contribution >= 0.6 is 11.3 Å². The highest BCUT2D eigenvalue weighted by molar-refractivity contribution is 7.09. The van der Waals surface area contributed by atoms with E-state index in [1.807, 2.05) is 12.1 Å². The first-order chi connectivity index (χ1) is 8.74. The third-order valence-electron chi connectivity index (χ3n) is 2.92. The van der Waals surface area contributed by atoms with E-state index in [4.69, 9.17) is 0 Å². The van der Waals surface area contributed by atoms with E-state index in [9.17, 15) is 5.26 Å². The Balaban J connectivity index is 2.32. The van der Waals surface area contributed by atoms with E-state index in [1.54, 1.807) is 11.3 Å².